The van der Waals surface area contributed by atoms with Gasteiger partial charge in [-0.25, -0.2) is 4.98 Å². The average Bonchev–Trinajstić information content (AvgIpc) is 2.90. The lowest BCUT2D eigenvalue weighted by Crippen LogP contribution is -2.42. The first-order chi connectivity index (χ1) is 9.85. The van der Waals surface area contributed by atoms with Crippen molar-refractivity contribution in [2.75, 3.05) is 19.6 Å². The summed E-state index contributed by atoms with van der Waals surface area (Å²) in [4.78, 5) is 7.27. The number of fused-ring (bicyclic) bond motifs is 1. The molecule has 1 N–H and O–H groups in total. The normalized spacial score (nSPS) is 17.9. The molecule has 1 fully saturated rings. The molecule has 1 aromatic carbocycles. The zero-order valence-corrected chi connectivity index (χ0v) is 13.0. The molecule has 1 aliphatic rings. The minimum atomic E-state index is 0.662. The third kappa shape index (κ3) is 3.37. The fourth-order valence-electron chi connectivity index (χ4n) is 2.90. The van der Waals surface area contributed by atoms with Crippen molar-refractivity contribution in [1.29, 1.82) is 0 Å². The van der Waals surface area contributed by atoms with E-state index in [1.54, 1.807) is 0 Å². The zero-order valence-electron chi connectivity index (χ0n) is 12.1. The molecule has 0 unspecified atom stereocenters. The van der Waals surface area contributed by atoms with E-state index >= 15 is 0 Å². The van der Waals surface area contributed by atoms with Crippen LogP contribution in [-0.2, 0) is 6.54 Å². The molecule has 1 aliphatic heterocycles. The molecule has 0 amide bonds. The van der Waals surface area contributed by atoms with Crippen LogP contribution in [-0.4, -0.2) is 35.6 Å². The molecule has 3 nitrogen and oxygen atoms in total. The SMILES string of the molecule is CCCN1CCC(NCc2nc3ccccc3s2)CC1. The Hall–Kier alpha value is -0.970. The number of hydrogen-bond donors (Lipinski definition) is 1. The Morgan fingerprint density at radius 3 is 2.85 bits per heavy atom. The molecule has 1 aromatic heterocycles. The Morgan fingerprint density at radius 2 is 2.10 bits per heavy atom. The maximum absolute atomic E-state index is 4.69. The number of likely N-dealkylation sites (tertiary alicyclic amines) is 1. The number of aromatic nitrogens is 1. The van der Waals surface area contributed by atoms with Crippen molar-refractivity contribution in [1.82, 2.24) is 15.2 Å². The third-order valence-electron chi connectivity index (χ3n) is 4.01. The van der Waals surface area contributed by atoms with Crippen molar-refractivity contribution in [3.8, 4) is 0 Å². The van der Waals surface area contributed by atoms with Gasteiger partial charge in [-0.1, -0.05) is 19.1 Å². The van der Waals surface area contributed by atoms with E-state index in [-0.39, 0.29) is 0 Å². The molecule has 0 bridgehead atoms. The summed E-state index contributed by atoms with van der Waals surface area (Å²) in [6.45, 7) is 6.91. The molecule has 2 heterocycles. The van der Waals surface area contributed by atoms with Crippen LogP contribution in [0.15, 0.2) is 24.3 Å². The monoisotopic (exact) mass is 289 g/mol. The van der Waals surface area contributed by atoms with Gasteiger partial charge in [0.15, 0.2) is 0 Å². The number of hydrogen-bond acceptors (Lipinski definition) is 4. The van der Waals surface area contributed by atoms with Gasteiger partial charge in [0.2, 0.25) is 0 Å². The van der Waals surface area contributed by atoms with Crippen LogP contribution in [0, 0.1) is 0 Å². The summed E-state index contributed by atoms with van der Waals surface area (Å²) in [5, 5.41) is 4.89. The summed E-state index contributed by atoms with van der Waals surface area (Å²) in [7, 11) is 0. The minimum absolute atomic E-state index is 0.662. The second-order valence-corrected chi connectivity index (χ2v) is 6.69. The van der Waals surface area contributed by atoms with Gasteiger partial charge in [-0.15, -0.1) is 11.3 Å². The highest BCUT2D eigenvalue weighted by Crippen LogP contribution is 2.21. The van der Waals surface area contributed by atoms with Gasteiger partial charge in [0, 0.05) is 12.6 Å². The number of thiazole rings is 1. The van der Waals surface area contributed by atoms with Crippen molar-refractivity contribution in [2.45, 2.75) is 38.8 Å². The van der Waals surface area contributed by atoms with E-state index < -0.39 is 0 Å². The molecule has 2 aromatic rings. The number of nitrogens with zero attached hydrogens (tertiary/aromatic N) is 2. The number of rotatable bonds is 5. The second kappa shape index (κ2) is 6.66. The van der Waals surface area contributed by atoms with Crippen LogP contribution in [0.2, 0.25) is 0 Å². The first-order valence-corrected chi connectivity index (χ1v) is 8.47. The van der Waals surface area contributed by atoms with Gasteiger partial charge in [0.1, 0.15) is 5.01 Å². The summed E-state index contributed by atoms with van der Waals surface area (Å²) in [5.74, 6) is 0. The maximum Gasteiger partial charge on any atom is 0.108 e. The highest BCUT2D eigenvalue weighted by atomic mass is 32.1. The Bertz CT molecular complexity index is 510. The van der Waals surface area contributed by atoms with Gasteiger partial charge in [0.05, 0.1) is 10.2 Å². The molecule has 20 heavy (non-hydrogen) atoms. The second-order valence-electron chi connectivity index (χ2n) is 5.57. The first-order valence-electron chi connectivity index (χ1n) is 7.65. The predicted octanol–water partition coefficient (Wildman–Crippen LogP) is 3.26. The molecule has 0 aliphatic carbocycles. The van der Waals surface area contributed by atoms with Crippen molar-refractivity contribution >= 4 is 21.6 Å². The molecule has 0 saturated carbocycles. The Balaban J connectivity index is 1.50. The van der Waals surface area contributed by atoms with Gasteiger partial charge < -0.3 is 10.2 Å². The van der Waals surface area contributed by atoms with E-state index in [2.05, 4.69) is 46.4 Å². The lowest BCUT2D eigenvalue weighted by atomic mass is 10.1. The molecule has 1 saturated heterocycles. The predicted molar refractivity (Wildman–Crippen MR) is 86.2 cm³/mol. The van der Waals surface area contributed by atoms with E-state index in [1.165, 1.54) is 48.6 Å². The quantitative estimate of drug-likeness (QED) is 0.915. The number of piperidine rings is 1. The number of benzene rings is 1. The highest BCUT2D eigenvalue weighted by molar-refractivity contribution is 7.18. The molecule has 0 atom stereocenters. The highest BCUT2D eigenvalue weighted by Gasteiger charge is 2.18. The fraction of sp³-hybridized carbons (Fsp3) is 0.562. The number of nitrogens with one attached hydrogen (secondary N) is 1. The zero-order chi connectivity index (χ0) is 13.8. The molecule has 4 heteroatoms. The lowest BCUT2D eigenvalue weighted by molar-refractivity contribution is 0.197. The van der Waals surface area contributed by atoms with E-state index in [0.29, 0.717) is 6.04 Å². The lowest BCUT2D eigenvalue weighted by Gasteiger charge is -2.32. The van der Waals surface area contributed by atoms with Crippen LogP contribution in [0.1, 0.15) is 31.2 Å². The topological polar surface area (TPSA) is 28.2 Å². The van der Waals surface area contributed by atoms with Crippen LogP contribution >= 0.6 is 11.3 Å². The molecule has 0 radical (unpaired) electrons. The van der Waals surface area contributed by atoms with Gasteiger partial charge in [-0.05, 0) is 51.0 Å². The van der Waals surface area contributed by atoms with Crippen LogP contribution in [0.3, 0.4) is 0 Å². The van der Waals surface area contributed by atoms with Crippen molar-refractivity contribution in [2.24, 2.45) is 0 Å². The molecular weight excluding hydrogens is 266 g/mol. The number of para-hydroxylation sites is 1. The molecule has 3 rings (SSSR count). The van der Waals surface area contributed by atoms with Gasteiger partial charge >= 0.3 is 0 Å². The van der Waals surface area contributed by atoms with Crippen LogP contribution in [0.25, 0.3) is 10.2 Å². The van der Waals surface area contributed by atoms with Gasteiger partial charge in [-0.3, -0.25) is 0 Å². The third-order valence-corrected chi connectivity index (χ3v) is 5.04. The van der Waals surface area contributed by atoms with E-state index in [1.807, 2.05) is 11.3 Å². The van der Waals surface area contributed by atoms with Crippen LogP contribution < -0.4 is 5.32 Å². The van der Waals surface area contributed by atoms with E-state index in [9.17, 15) is 0 Å². The standard InChI is InChI=1S/C16H23N3S/c1-2-9-19-10-7-13(8-11-19)17-12-16-18-14-5-3-4-6-15(14)20-16/h3-6,13,17H,2,7-12H2,1H3. The van der Waals surface area contributed by atoms with Crippen molar-refractivity contribution < 1.29 is 0 Å². The Labute approximate surface area is 125 Å². The first kappa shape index (κ1) is 14.0. The van der Waals surface area contributed by atoms with Crippen LogP contribution in [0.4, 0.5) is 0 Å². The summed E-state index contributed by atoms with van der Waals surface area (Å²) < 4.78 is 1.29. The average molecular weight is 289 g/mol. The van der Waals surface area contributed by atoms with Crippen molar-refractivity contribution in [3.63, 3.8) is 0 Å². The molecule has 0 spiro atoms. The summed E-state index contributed by atoms with van der Waals surface area (Å²) in [6.07, 6.45) is 3.81. The van der Waals surface area contributed by atoms with E-state index in [0.717, 1.165) is 12.1 Å². The Kier molecular flexibility index (Phi) is 4.65. The van der Waals surface area contributed by atoms with Crippen LogP contribution in [0.5, 0.6) is 0 Å². The summed E-state index contributed by atoms with van der Waals surface area (Å²) in [6, 6.07) is 9.05. The van der Waals surface area contributed by atoms with Gasteiger partial charge in [-0.2, -0.15) is 0 Å². The molecular formula is C16H23N3S. The van der Waals surface area contributed by atoms with Gasteiger partial charge in [0.25, 0.3) is 0 Å². The summed E-state index contributed by atoms with van der Waals surface area (Å²) in [5.41, 5.74) is 1.13. The van der Waals surface area contributed by atoms with Crippen molar-refractivity contribution in [3.05, 3.63) is 29.3 Å². The fourth-order valence-corrected chi connectivity index (χ4v) is 3.82. The smallest absolute Gasteiger partial charge is 0.108 e. The maximum atomic E-state index is 4.69. The largest absolute Gasteiger partial charge is 0.308 e. The molecule has 108 valence electrons. The minimum Gasteiger partial charge on any atom is -0.308 e. The Morgan fingerprint density at radius 1 is 1.30 bits per heavy atom. The summed E-state index contributed by atoms with van der Waals surface area (Å²) >= 11 is 1.81. The van der Waals surface area contributed by atoms with E-state index in [4.69, 9.17) is 0 Å².